The summed E-state index contributed by atoms with van der Waals surface area (Å²) in [5, 5.41) is 15.8. The van der Waals surface area contributed by atoms with E-state index < -0.39 is 0 Å². The van der Waals surface area contributed by atoms with E-state index in [1.807, 2.05) is 12.1 Å². The van der Waals surface area contributed by atoms with Gasteiger partial charge < -0.3 is 9.13 Å². The summed E-state index contributed by atoms with van der Waals surface area (Å²) in [7, 11) is 0.845. The fraction of sp³-hybridized carbons (Fsp3) is 0.0882. The first-order chi connectivity index (χ1) is 18.8. The van der Waals surface area contributed by atoms with Gasteiger partial charge in [-0.05, 0) is 54.6 Å². The highest BCUT2D eigenvalue weighted by Crippen LogP contribution is 2.35. The summed E-state index contributed by atoms with van der Waals surface area (Å²) in [5.41, 5.74) is 7.61. The first-order valence-corrected chi connectivity index (χ1v) is 14.3. The van der Waals surface area contributed by atoms with Gasteiger partial charge >= 0.3 is 0 Å². The van der Waals surface area contributed by atoms with E-state index in [0.29, 0.717) is 5.56 Å². The van der Waals surface area contributed by atoms with Crippen LogP contribution in [0.4, 0.5) is 0 Å². The van der Waals surface area contributed by atoms with Crippen molar-refractivity contribution >= 4 is 58.3 Å². The summed E-state index contributed by atoms with van der Waals surface area (Å²) in [4.78, 5) is 0. The van der Waals surface area contributed by atoms with Crippen LogP contribution in [0.3, 0.4) is 0 Å². The quantitative estimate of drug-likeness (QED) is 0.220. The van der Waals surface area contributed by atoms with E-state index in [-0.39, 0.29) is 0 Å². The molecule has 0 unspecified atom stereocenters. The van der Waals surface area contributed by atoms with Gasteiger partial charge in [-0.1, -0.05) is 79.2 Å². The van der Waals surface area contributed by atoms with Gasteiger partial charge in [0.05, 0.1) is 43.2 Å². The Morgan fingerprint density at radius 3 is 1.82 bits per heavy atom. The molecule has 2 radical (unpaired) electrons. The molecular formula is C34H25N3Si. The molecule has 0 aliphatic heterocycles. The number of rotatable bonds is 5. The number of hydrogen-bond donors (Lipinski definition) is 0. The van der Waals surface area contributed by atoms with E-state index in [4.69, 9.17) is 0 Å². The van der Waals surface area contributed by atoms with Gasteiger partial charge in [0.2, 0.25) is 0 Å². The predicted molar refractivity (Wildman–Crippen MR) is 160 cm³/mol. The molecule has 7 rings (SSSR count). The number of fused-ring (bicyclic) bond motifs is 6. The SMILES string of the molecule is CCC[Si]c1ccc2c(c1)c1ccccc1n2-c1cccc(-n2c3ccccc3c3cc(C#N)ccc32)c1. The fourth-order valence-electron chi connectivity index (χ4n) is 5.72. The lowest BCUT2D eigenvalue weighted by atomic mass is 10.1. The zero-order chi connectivity index (χ0) is 25.6. The standard InChI is InChI=1S/C34H25N3Si/c1-2-18-38-26-15-17-34-30(21-26)28-11-4-6-13-32(28)37(34)25-9-7-8-24(20-25)36-31-12-5-3-10-27(31)29-19-23(22-35)14-16-33(29)36/h3-17,19-21H,2,18H2,1H3. The van der Waals surface area contributed by atoms with Crippen molar-refractivity contribution < 1.29 is 0 Å². The van der Waals surface area contributed by atoms with Crippen molar-refractivity contribution in [2.75, 3.05) is 0 Å². The Labute approximate surface area is 224 Å². The molecule has 0 saturated carbocycles. The van der Waals surface area contributed by atoms with Gasteiger partial charge in [-0.3, -0.25) is 0 Å². The molecule has 4 heteroatoms. The summed E-state index contributed by atoms with van der Waals surface area (Å²) in [6.07, 6.45) is 1.21. The molecule has 0 bridgehead atoms. The molecule has 5 aromatic carbocycles. The van der Waals surface area contributed by atoms with Crippen molar-refractivity contribution in [3.05, 3.63) is 115 Å². The molecule has 0 aliphatic rings. The third-order valence-electron chi connectivity index (χ3n) is 7.40. The monoisotopic (exact) mass is 503 g/mol. The Morgan fingerprint density at radius 2 is 1.18 bits per heavy atom. The Morgan fingerprint density at radius 1 is 0.605 bits per heavy atom. The van der Waals surface area contributed by atoms with E-state index in [0.717, 1.165) is 42.7 Å². The Balaban J connectivity index is 1.47. The van der Waals surface area contributed by atoms with E-state index in [1.165, 1.54) is 39.5 Å². The van der Waals surface area contributed by atoms with Crippen LogP contribution < -0.4 is 5.19 Å². The zero-order valence-electron chi connectivity index (χ0n) is 21.1. The van der Waals surface area contributed by atoms with Crippen LogP contribution in [0.2, 0.25) is 6.04 Å². The minimum atomic E-state index is 0.679. The van der Waals surface area contributed by atoms with Gasteiger partial charge in [-0.2, -0.15) is 5.26 Å². The number of nitrogens with zero attached hydrogens (tertiary/aromatic N) is 3. The predicted octanol–water partition coefficient (Wildman–Crippen LogP) is 7.91. The molecule has 38 heavy (non-hydrogen) atoms. The van der Waals surface area contributed by atoms with Crippen LogP contribution in [-0.2, 0) is 0 Å². The topological polar surface area (TPSA) is 33.6 Å². The molecule has 0 amide bonds. The average Bonchev–Trinajstić information content (AvgIpc) is 3.48. The van der Waals surface area contributed by atoms with E-state index in [2.05, 4.69) is 119 Å². The van der Waals surface area contributed by atoms with E-state index in [1.54, 1.807) is 0 Å². The molecule has 180 valence electrons. The number of benzene rings is 5. The van der Waals surface area contributed by atoms with Crippen molar-refractivity contribution in [3.8, 4) is 17.4 Å². The molecule has 3 nitrogen and oxygen atoms in total. The number of para-hydroxylation sites is 2. The highest BCUT2D eigenvalue weighted by Gasteiger charge is 2.16. The van der Waals surface area contributed by atoms with Crippen molar-refractivity contribution in [2.45, 2.75) is 19.4 Å². The molecule has 0 atom stereocenters. The van der Waals surface area contributed by atoms with Crippen LogP contribution in [0.5, 0.6) is 0 Å². The lowest BCUT2D eigenvalue weighted by molar-refractivity contribution is 1.08. The Kier molecular flexibility index (Phi) is 5.39. The third kappa shape index (κ3) is 3.48. The maximum Gasteiger partial charge on any atom is 0.0991 e. The van der Waals surface area contributed by atoms with Crippen LogP contribution >= 0.6 is 0 Å². The van der Waals surface area contributed by atoms with Gasteiger partial charge in [-0.25, -0.2) is 0 Å². The van der Waals surface area contributed by atoms with Crippen LogP contribution in [-0.4, -0.2) is 18.7 Å². The van der Waals surface area contributed by atoms with Gasteiger partial charge in [0.25, 0.3) is 0 Å². The molecule has 0 fully saturated rings. The molecule has 0 spiro atoms. The summed E-state index contributed by atoms with van der Waals surface area (Å²) in [6, 6.07) is 42.5. The summed E-state index contributed by atoms with van der Waals surface area (Å²) in [5.74, 6) is 0. The maximum absolute atomic E-state index is 9.51. The molecule has 2 aromatic heterocycles. The lowest BCUT2D eigenvalue weighted by Gasteiger charge is -2.13. The van der Waals surface area contributed by atoms with Crippen molar-refractivity contribution in [1.82, 2.24) is 9.13 Å². The molecule has 0 N–H and O–H groups in total. The Bertz CT molecular complexity index is 2040. The second-order valence-electron chi connectivity index (χ2n) is 9.73. The molecule has 2 heterocycles. The molecule has 0 aliphatic carbocycles. The average molecular weight is 504 g/mol. The van der Waals surface area contributed by atoms with Crippen LogP contribution in [0.1, 0.15) is 18.9 Å². The van der Waals surface area contributed by atoms with Crippen molar-refractivity contribution in [3.63, 3.8) is 0 Å². The molecule has 0 saturated heterocycles. The van der Waals surface area contributed by atoms with Gasteiger partial charge in [0, 0.05) is 32.9 Å². The minimum Gasteiger partial charge on any atom is -0.309 e. The number of nitriles is 1. The minimum absolute atomic E-state index is 0.679. The van der Waals surface area contributed by atoms with Crippen LogP contribution in [0, 0.1) is 11.3 Å². The summed E-state index contributed by atoms with van der Waals surface area (Å²) >= 11 is 0. The van der Waals surface area contributed by atoms with Crippen molar-refractivity contribution in [1.29, 1.82) is 5.26 Å². The normalized spacial score (nSPS) is 11.6. The summed E-state index contributed by atoms with van der Waals surface area (Å²) < 4.78 is 4.70. The van der Waals surface area contributed by atoms with Gasteiger partial charge in [0.1, 0.15) is 0 Å². The van der Waals surface area contributed by atoms with E-state index >= 15 is 0 Å². The van der Waals surface area contributed by atoms with Gasteiger partial charge in [0.15, 0.2) is 0 Å². The zero-order valence-corrected chi connectivity index (χ0v) is 22.1. The number of aromatic nitrogens is 2. The van der Waals surface area contributed by atoms with Crippen molar-refractivity contribution in [2.24, 2.45) is 0 Å². The fourth-order valence-corrected chi connectivity index (χ4v) is 6.71. The third-order valence-corrected chi connectivity index (χ3v) is 8.87. The van der Waals surface area contributed by atoms with Gasteiger partial charge in [-0.15, -0.1) is 0 Å². The second kappa shape index (κ2) is 9.06. The largest absolute Gasteiger partial charge is 0.309 e. The number of hydrogen-bond acceptors (Lipinski definition) is 1. The van der Waals surface area contributed by atoms with E-state index in [9.17, 15) is 5.26 Å². The first kappa shape index (κ1) is 22.6. The highest BCUT2D eigenvalue weighted by atomic mass is 28.2. The first-order valence-electron chi connectivity index (χ1n) is 13.1. The maximum atomic E-state index is 9.51. The Hall–Kier alpha value is -4.59. The highest BCUT2D eigenvalue weighted by molar-refractivity contribution is 6.53. The van der Waals surface area contributed by atoms with Crippen LogP contribution in [0.15, 0.2) is 109 Å². The summed E-state index contributed by atoms with van der Waals surface area (Å²) in [6.45, 7) is 2.25. The molecular weight excluding hydrogens is 478 g/mol. The smallest absolute Gasteiger partial charge is 0.0991 e. The molecule has 7 aromatic rings. The van der Waals surface area contributed by atoms with Crippen LogP contribution in [0.25, 0.3) is 55.0 Å². The lowest BCUT2D eigenvalue weighted by Crippen LogP contribution is -2.12. The second-order valence-corrected chi connectivity index (χ2v) is 11.2.